The number of β-amino-alcohol motifs (C(OH)–C–C–N with tert-alkyl or cyclic N) is 1. The number of allylic oxidation sites excluding steroid dienone is 3. The minimum Gasteiger partial charge on any atom is -0.506 e. The van der Waals surface area contributed by atoms with Crippen molar-refractivity contribution >= 4 is 0 Å². The molecule has 2 aliphatic carbocycles. The summed E-state index contributed by atoms with van der Waals surface area (Å²) in [5.41, 5.74) is 0.546. The number of hydrogen-bond acceptors (Lipinski definition) is 5. The van der Waals surface area contributed by atoms with Gasteiger partial charge in [-0.1, -0.05) is 0 Å². The number of halogens is 2. The first-order valence-corrected chi connectivity index (χ1v) is 9.40. The third-order valence-corrected chi connectivity index (χ3v) is 5.66. The van der Waals surface area contributed by atoms with Crippen LogP contribution in [-0.2, 0) is 4.74 Å². The molecule has 1 aromatic rings. The molecule has 0 spiro atoms. The molecule has 2 heterocycles. The van der Waals surface area contributed by atoms with Crippen LogP contribution in [0.2, 0.25) is 0 Å². The maximum absolute atomic E-state index is 13.4. The molecule has 0 radical (unpaired) electrons. The minimum atomic E-state index is -1.31. The van der Waals surface area contributed by atoms with Gasteiger partial charge < -0.3 is 14.9 Å². The van der Waals surface area contributed by atoms with E-state index in [9.17, 15) is 19.0 Å². The number of aliphatic hydroxyl groups is 1. The van der Waals surface area contributed by atoms with Crippen molar-refractivity contribution in [1.29, 1.82) is 0 Å². The molecule has 1 aliphatic heterocycles. The molecule has 5 atom stereocenters. The first-order chi connectivity index (χ1) is 13.0. The molecule has 3 aliphatic rings. The number of pyridine rings is 1. The van der Waals surface area contributed by atoms with Gasteiger partial charge in [0, 0.05) is 32.1 Å². The van der Waals surface area contributed by atoms with Gasteiger partial charge in [0.2, 0.25) is 0 Å². The fraction of sp³-hybridized carbons (Fsp3) is 0.550. The normalized spacial score (nSPS) is 32.0. The molecular formula is C20H24F2N2O3. The van der Waals surface area contributed by atoms with Crippen molar-refractivity contribution < 1.29 is 23.7 Å². The number of aromatic hydroxyl groups is 1. The van der Waals surface area contributed by atoms with Gasteiger partial charge >= 0.3 is 0 Å². The van der Waals surface area contributed by atoms with Gasteiger partial charge in [-0.25, -0.2) is 8.78 Å². The zero-order valence-electron chi connectivity index (χ0n) is 15.0. The van der Waals surface area contributed by atoms with Gasteiger partial charge in [-0.2, -0.15) is 0 Å². The molecule has 146 valence electrons. The highest BCUT2D eigenvalue weighted by atomic mass is 19.1. The summed E-state index contributed by atoms with van der Waals surface area (Å²) in [5.74, 6) is 0.848. The second-order valence-corrected chi connectivity index (χ2v) is 7.79. The smallest absolute Gasteiger partial charge is 0.133 e. The molecule has 0 amide bonds. The number of likely N-dealkylation sites (tertiary alicyclic amines) is 1. The van der Waals surface area contributed by atoms with E-state index < -0.39 is 18.1 Å². The Morgan fingerprint density at radius 1 is 1.26 bits per heavy atom. The number of alkyl halides is 1. The second kappa shape index (κ2) is 7.56. The molecule has 27 heavy (non-hydrogen) atoms. The summed E-state index contributed by atoms with van der Waals surface area (Å²) < 4.78 is 32.6. The SMILES string of the molecule is Oc1ccc(C(O)CN2CC3CC(OC4=CC(F)CC(F)=C4)C[C@@H]3C2)nc1. The van der Waals surface area contributed by atoms with E-state index in [0.29, 0.717) is 29.8 Å². The Hall–Kier alpha value is -1.99. The summed E-state index contributed by atoms with van der Waals surface area (Å²) in [6.07, 6.45) is 3.48. The molecule has 4 rings (SSSR count). The predicted molar refractivity (Wildman–Crippen MR) is 95.2 cm³/mol. The Balaban J connectivity index is 1.28. The Kier molecular flexibility index (Phi) is 5.14. The van der Waals surface area contributed by atoms with E-state index in [2.05, 4.69) is 9.88 Å². The molecule has 2 fully saturated rings. The van der Waals surface area contributed by atoms with E-state index in [1.807, 2.05) is 0 Å². The van der Waals surface area contributed by atoms with Gasteiger partial charge in [-0.15, -0.1) is 0 Å². The lowest BCUT2D eigenvalue weighted by molar-refractivity contribution is 0.0968. The quantitative estimate of drug-likeness (QED) is 0.825. The molecule has 7 heteroatoms. The van der Waals surface area contributed by atoms with Crippen LogP contribution in [0, 0.1) is 11.8 Å². The number of rotatable bonds is 5. The summed E-state index contributed by atoms with van der Waals surface area (Å²) in [6.45, 7) is 2.24. The number of ether oxygens (including phenoxy) is 1. The van der Waals surface area contributed by atoms with Crippen molar-refractivity contribution in [3.8, 4) is 5.75 Å². The standard InChI is InChI=1S/C20H24F2N2O3/c21-14-5-15(22)7-18(6-14)27-17-3-12-9-24(10-13(12)4-17)11-20(26)19-2-1-16(25)8-23-19/h1-2,6-8,12-14,17,20,25-26H,3-5,9-11H2/t12-,13?,14?,17?,20?/m1/s1. The summed E-state index contributed by atoms with van der Waals surface area (Å²) >= 11 is 0. The third kappa shape index (κ3) is 4.30. The van der Waals surface area contributed by atoms with Crippen molar-refractivity contribution in [2.45, 2.75) is 37.6 Å². The molecule has 4 unspecified atom stereocenters. The first-order valence-electron chi connectivity index (χ1n) is 9.40. The van der Waals surface area contributed by atoms with Crippen molar-refractivity contribution in [3.05, 3.63) is 47.8 Å². The zero-order valence-corrected chi connectivity index (χ0v) is 15.0. The Morgan fingerprint density at radius 2 is 2.00 bits per heavy atom. The van der Waals surface area contributed by atoms with Gasteiger partial charge in [0.25, 0.3) is 0 Å². The molecule has 0 aromatic carbocycles. The minimum absolute atomic E-state index is 0.00793. The highest BCUT2D eigenvalue weighted by Gasteiger charge is 2.42. The van der Waals surface area contributed by atoms with Crippen LogP contribution in [0.1, 0.15) is 31.1 Å². The molecule has 1 aromatic heterocycles. The number of nitrogens with zero attached hydrogens (tertiary/aromatic N) is 2. The monoisotopic (exact) mass is 378 g/mol. The predicted octanol–water partition coefficient (Wildman–Crippen LogP) is 3.03. The molecule has 1 saturated carbocycles. The molecule has 2 N–H and O–H groups in total. The van der Waals surface area contributed by atoms with E-state index in [1.54, 1.807) is 6.07 Å². The number of aromatic nitrogens is 1. The van der Waals surface area contributed by atoms with Gasteiger partial charge in [-0.05, 0) is 42.9 Å². The molecule has 0 bridgehead atoms. The van der Waals surface area contributed by atoms with Crippen LogP contribution in [0.5, 0.6) is 5.75 Å². The van der Waals surface area contributed by atoms with Crippen LogP contribution < -0.4 is 0 Å². The van der Waals surface area contributed by atoms with Crippen LogP contribution in [0.15, 0.2) is 42.1 Å². The lowest BCUT2D eigenvalue weighted by Gasteiger charge is -2.23. The average Bonchev–Trinajstić information content (AvgIpc) is 3.12. The maximum Gasteiger partial charge on any atom is 0.133 e. The van der Waals surface area contributed by atoms with Crippen LogP contribution in [-0.4, -0.2) is 52.0 Å². The number of fused-ring (bicyclic) bond motifs is 1. The van der Waals surface area contributed by atoms with Gasteiger partial charge in [0.15, 0.2) is 0 Å². The Morgan fingerprint density at radius 3 is 2.63 bits per heavy atom. The second-order valence-electron chi connectivity index (χ2n) is 7.79. The van der Waals surface area contributed by atoms with E-state index >= 15 is 0 Å². The lowest BCUT2D eigenvalue weighted by atomic mass is 10.0. The summed E-state index contributed by atoms with van der Waals surface area (Å²) in [7, 11) is 0. The number of aliphatic hydroxyl groups excluding tert-OH is 1. The topological polar surface area (TPSA) is 65.8 Å². The highest BCUT2D eigenvalue weighted by molar-refractivity contribution is 5.23. The summed E-state index contributed by atoms with van der Waals surface area (Å²) in [5, 5.41) is 19.6. The molecule has 5 nitrogen and oxygen atoms in total. The van der Waals surface area contributed by atoms with Crippen molar-refractivity contribution in [1.82, 2.24) is 9.88 Å². The van der Waals surface area contributed by atoms with E-state index in [0.717, 1.165) is 25.9 Å². The summed E-state index contributed by atoms with van der Waals surface area (Å²) in [4.78, 5) is 6.29. The average molecular weight is 378 g/mol. The third-order valence-electron chi connectivity index (χ3n) is 5.66. The van der Waals surface area contributed by atoms with E-state index in [4.69, 9.17) is 4.74 Å². The fourth-order valence-electron chi connectivity index (χ4n) is 4.47. The van der Waals surface area contributed by atoms with Crippen LogP contribution >= 0.6 is 0 Å². The van der Waals surface area contributed by atoms with Gasteiger partial charge in [0.1, 0.15) is 29.6 Å². The summed E-state index contributed by atoms with van der Waals surface area (Å²) in [6, 6.07) is 3.15. The number of hydrogen-bond donors (Lipinski definition) is 2. The van der Waals surface area contributed by atoms with Crippen molar-refractivity contribution in [3.63, 3.8) is 0 Å². The fourth-order valence-corrected chi connectivity index (χ4v) is 4.47. The lowest BCUT2D eigenvalue weighted by Crippen LogP contribution is -2.28. The Labute approximate surface area is 157 Å². The van der Waals surface area contributed by atoms with Crippen molar-refractivity contribution in [2.24, 2.45) is 11.8 Å². The van der Waals surface area contributed by atoms with Crippen molar-refractivity contribution in [2.75, 3.05) is 19.6 Å². The maximum atomic E-state index is 13.4. The largest absolute Gasteiger partial charge is 0.506 e. The van der Waals surface area contributed by atoms with Crippen LogP contribution in [0.3, 0.4) is 0 Å². The van der Waals surface area contributed by atoms with E-state index in [-0.39, 0.29) is 18.3 Å². The first kappa shape index (κ1) is 18.4. The molecular weight excluding hydrogens is 354 g/mol. The van der Waals surface area contributed by atoms with Gasteiger partial charge in [0.05, 0.1) is 18.0 Å². The Bertz CT molecular complexity index is 723. The zero-order chi connectivity index (χ0) is 19.0. The highest BCUT2D eigenvalue weighted by Crippen LogP contribution is 2.41. The van der Waals surface area contributed by atoms with E-state index in [1.165, 1.54) is 24.4 Å². The van der Waals surface area contributed by atoms with Crippen LogP contribution in [0.25, 0.3) is 0 Å². The van der Waals surface area contributed by atoms with Gasteiger partial charge in [-0.3, -0.25) is 9.88 Å². The molecule has 1 saturated heterocycles. The van der Waals surface area contributed by atoms with Crippen LogP contribution in [0.4, 0.5) is 8.78 Å².